The van der Waals surface area contributed by atoms with Crippen LogP contribution in [0.5, 0.6) is 0 Å². The van der Waals surface area contributed by atoms with Crippen molar-refractivity contribution >= 4 is 5.91 Å². The summed E-state index contributed by atoms with van der Waals surface area (Å²) < 4.78 is 13.1. The van der Waals surface area contributed by atoms with Crippen molar-refractivity contribution in [2.45, 2.75) is 45.4 Å². The molecular weight excluding hydrogens is 329 g/mol. The second kappa shape index (κ2) is 8.39. The van der Waals surface area contributed by atoms with Crippen LogP contribution in [0.15, 0.2) is 36.5 Å². The van der Waals surface area contributed by atoms with Crippen molar-refractivity contribution in [1.82, 2.24) is 14.9 Å². The van der Waals surface area contributed by atoms with Crippen LogP contribution in [0.2, 0.25) is 0 Å². The normalized spacial score (nSPS) is 17.5. The Hall–Kier alpha value is -2.30. The predicted octanol–water partition coefficient (Wildman–Crippen LogP) is 4.42. The zero-order chi connectivity index (χ0) is 18.5. The zero-order valence-corrected chi connectivity index (χ0v) is 15.5. The number of carbonyl (C=O) groups is 1. The van der Waals surface area contributed by atoms with Gasteiger partial charge < -0.3 is 4.90 Å². The van der Waals surface area contributed by atoms with Gasteiger partial charge in [-0.1, -0.05) is 13.8 Å². The number of hydrogen-bond donors (Lipinski definition) is 0. The second-order valence-corrected chi connectivity index (χ2v) is 6.95. The van der Waals surface area contributed by atoms with E-state index in [1.54, 1.807) is 18.3 Å². The number of likely N-dealkylation sites (tertiary alicyclic amines) is 1. The van der Waals surface area contributed by atoms with Gasteiger partial charge in [0.2, 0.25) is 5.91 Å². The SMILES string of the molecule is CCC(CC)C(=O)N1CCCC(c2ccnc(-c3ccc(F)cc3)n2)C1. The van der Waals surface area contributed by atoms with Crippen LogP contribution in [0, 0.1) is 11.7 Å². The number of amides is 1. The second-order valence-electron chi connectivity index (χ2n) is 6.95. The Labute approximate surface area is 154 Å². The number of rotatable bonds is 5. The fraction of sp³-hybridized carbons (Fsp3) is 0.476. The third-order valence-electron chi connectivity index (χ3n) is 5.27. The van der Waals surface area contributed by atoms with Crippen molar-refractivity contribution in [2.24, 2.45) is 5.92 Å². The molecule has 4 nitrogen and oxygen atoms in total. The van der Waals surface area contributed by atoms with Crippen LogP contribution in [-0.4, -0.2) is 33.9 Å². The van der Waals surface area contributed by atoms with E-state index in [1.807, 2.05) is 11.0 Å². The highest BCUT2D eigenvalue weighted by Crippen LogP contribution is 2.28. The topological polar surface area (TPSA) is 46.1 Å². The Bertz CT molecular complexity index is 743. The van der Waals surface area contributed by atoms with Crippen LogP contribution in [0.4, 0.5) is 4.39 Å². The van der Waals surface area contributed by atoms with Crippen LogP contribution in [0.25, 0.3) is 11.4 Å². The maximum absolute atomic E-state index is 13.1. The molecule has 1 amide bonds. The molecule has 1 aliphatic heterocycles. The smallest absolute Gasteiger partial charge is 0.225 e. The molecule has 0 N–H and O–H groups in total. The summed E-state index contributed by atoms with van der Waals surface area (Å²) in [4.78, 5) is 23.8. The van der Waals surface area contributed by atoms with Gasteiger partial charge in [-0.05, 0) is 56.0 Å². The number of hydrogen-bond acceptors (Lipinski definition) is 3. The molecule has 1 unspecified atom stereocenters. The van der Waals surface area contributed by atoms with Crippen LogP contribution in [-0.2, 0) is 4.79 Å². The van der Waals surface area contributed by atoms with Crippen molar-refractivity contribution < 1.29 is 9.18 Å². The van der Waals surface area contributed by atoms with Gasteiger partial charge in [0.15, 0.2) is 5.82 Å². The summed E-state index contributed by atoms with van der Waals surface area (Å²) in [5.41, 5.74) is 1.76. The Kier molecular flexibility index (Phi) is 5.96. The summed E-state index contributed by atoms with van der Waals surface area (Å²) >= 11 is 0. The van der Waals surface area contributed by atoms with E-state index in [-0.39, 0.29) is 23.6 Å². The lowest BCUT2D eigenvalue weighted by Crippen LogP contribution is -2.42. The van der Waals surface area contributed by atoms with Gasteiger partial charge >= 0.3 is 0 Å². The third kappa shape index (κ3) is 4.09. The Morgan fingerprint density at radius 2 is 1.96 bits per heavy atom. The Morgan fingerprint density at radius 1 is 1.23 bits per heavy atom. The molecule has 1 aliphatic rings. The average Bonchev–Trinajstić information content (AvgIpc) is 2.69. The van der Waals surface area contributed by atoms with Crippen molar-refractivity contribution in [3.8, 4) is 11.4 Å². The maximum Gasteiger partial charge on any atom is 0.225 e. The summed E-state index contributed by atoms with van der Waals surface area (Å²) in [6.45, 7) is 5.71. The molecule has 1 atom stereocenters. The summed E-state index contributed by atoms with van der Waals surface area (Å²) in [6, 6.07) is 8.16. The third-order valence-corrected chi connectivity index (χ3v) is 5.27. The number of halogens is 1. The Balaban J connectivity index is 1.77. The minimum atomic E-state index is -0.271. The van der Waals surface area contributed by atoms with Gasteiger partial charge in [0.25, 0.3) is 0 Å². The first-order chi connectivity index (χ1) is 12.6. The highest BCUT2D eigenvalue weighted by molar-refractivity contribution is 5.79. The van der Waals surface area contributed by atoms with E-state index in [0.717, 1.165) is 50.0 Å². The molecule has 1 aromatic carbocycles. The fourth-order valence-electron chi connectivity index (χ4n) is 3.65. The summed E-state index contributed by atoms with van der Waals surface area (Å²) in [6.07, 6.45) is 5.54. The van der Waals surface area contributed by atoms with E-state index < -0.39 is 0 Å². The molecule has 1 fully saturated rings. The van der Waals surface area contributed by atoms with Gasteiger partial charge in [-0.2, -0.15) is 0 Å². The molecule has 26 heavy (non-hydrogen) atoms. The highest BCUT2D eigenvalue weighted by atomic mass is 19.1. The number of carbonyl (C=O) groups excluding carboxylic acids is 1. The van der Waals surface area contributed by atoms with Crippen LogP contribution >= 0.6 is 0 Å². The predicted molar refractivity (Wildman–Crippen MR) is 100 cm³/mol. The zero-order valence-electron chi connectivity index (χ0n) is 15.5. The number of aromatic nitrogens is 2. The minimum absolute atomic E-state index is 0.119. The molecule has 5 heteroatoms. The monoisotopic (exact) mass is 355 g/mol. The summed E-state index contributed by atoms with van der Waals surface area (Å²) in [5.74, 6) is 0.949. The van der Waals surface area contributed by atoms with Crippen molar-refractivity contribution in [3.05, 3.63) is 48.0 Å². The van der Waals surface area contributed by atoms with E-state index in [1.165, 1.54) is 12.1 Å². The van der Waals surface area contributed by atoms with Crippen LogP contribution in [0.1, 0.15) is 51.1 Å². The molecule has 0 bridgehead atoms. The minimum Gasteiger partial charge on any atom is -0.342 e. The average molecular weight is 355 g/mol. The highest BCUT2D eigenvalue weighted by Gasteiger charge is 2.28. The van der Waals surface area contributed by atoms with Crippen molar-refractivity contribution in [1.29, 1.82) is 0 Å². The first kappa shape index (κ1) is 18.5. The van der Waals surface area contributed by atoms with Crippen molar-refractivity contribution in [2.75, 3.05) is 13.1 Å². The van der Waals surface area contributed by atoms with Gasteiger partial charge in [-0.3, -0.25) is 4.79 Å². The first-order valence-corrected chi connectivity index (χ1v) is 9.50. The lowest BCUT2D eigenvalue weighted by molar-refractivity contribution is -0.137. The molecule has 2 heterocycles. The summed E-state index contributed by atoms with van der Waals surface area (Å²) in [5, 5.41) is 0. The lowest BCUT2D eigenvalue weighted by atomic mass is 9.92. The fourth-order valence-corrected chi connectivity index (χ4v) is 3.65. The van der Waals surface area contributed by atoms with E-state index >= 15 is 0 Å². The molecular formula is C21H26FN3O. The van der Waals surface area contributed by atoms with Gasteiger partial charge in [0.05, 0.1) is 0 Å². The molecule has 0 saturated carbocycles. The van der Waals surface area contributed by atoms with Gasteiger partial charge in [-0.15, -0.1) is 0 Å². The molecule has 0 aliphatic carbocycles. The summed E-state index contributed by atoms with van der Waals surface area (Å²) in [7, 11) is 0. The molecule has 2 aromatic rings. The molecule has 1 aromatic heterocycles. The molecule has 1 saturated heterocycles. The first-order valence-electron chi connectivity index (χ1n) is 9.50. The van der Waals surface area contributed by atoms with E-state index in [9.17, 15) is 9.18 Å². The largest absolute Gasteiger partial charge is 0.342 e. The standard InChI is InChI=1S/C21H26FN3O/c1-3-15(4-2)21(26)25-13-5-6-17(14-25)19-11-12-23-20(24-19)16-7-9-18(22)10-8-16/h7-12,15,17H,3-6,13-14H2,1-2H3. The molecule has 3 rings (SSSR count). The number of piperidine rings is 1. The van der Waals surface area contributed by atoms with Crippen LogP contribution < -0.4 is 0 Å². The number of nitrogens with zero attached hydrogens (tertiary/aromatic N) is 3. The molecule has 0 radical (unpaired) electrons. The quantitative estimate of drug-likeness (QED) is 0.797. The number of benzene rings is 1. The van der Waals surface area contributed by atoms with E-state index in [2.05, 4.69) is 18.8 Å². The lowest BCUT2D eigenvalue weighted by Gasteiger charge is -2.34. The van der Waals surface area contributed by atoms with Crippen molar-refractivity contribution in [3.63, 3.8) is 0 Å². The van der Waals surface area contributed by atoms with Gasteiger partial charge in [0.1, 0.15) is 5.82 Å². The molecule has 138 valence electrons. The van der Waals surface area contributed by atoms with E-state index in [4.69, 9.17) is 4.98 Å². The Morgan fingerprint density at radius 3 is 2.65 bits per heavy atom. The molecule has 0 spiro atoms. The van der Waals surface area contributed by atoms with E-state index in [0.29, 0.717) is 5.82 Å². The van der Waals surface area contributed by atoms with Crippen LogP contribution in [0.3, 0.4) is 0 Å². The van der Waals surface area contributed by atoms with Gasteiger partial charge in [-0.25, -0.2) is 14.4 Å². The van der Waals surface area contributed by atoms with Gasteiger partial charge in [0, 0.05) is 42.4 Å². The maximum atomic E-state index is 13.1.